The molecule has 10 nitrogen and oxygen atoms in total. The third-order valence-corrected chi connectivity index (χ3v) is 9.95. The van der Waals surface area contributed by atoms with Crippen LogP contribution in [-0.2, 0) is 26.5 Å². The molecule has 3 aromatic carbocycles. The molecule has 0 unspecified atom stereocenters. The molecule has 47 heavy (non-hydrogen) atoms. The van der Waals surface area contributed by atoms with Gasteiger partial charge in [0.15, 0.2) is 5.60 Å². The average molecular weight is 638 g/mol. The molecule has 0 bridgehead atoms. The molecule has 3 N–H and O–H groups in total. The van der Waals surface area contributed by atoms with Gasteiger partial charge in [0.1, 0.15) is 5.54 Å². The van der Waals surface area contributed by atoms with Crippen molar-refractivity contribution in [1.29, 1.82) is 0 Å². The number of carbonyl (C=O) groups excluding carboxylic acids is 3. The highest BCUT2D eigenvalue weighted by atomic mass is 16.3. The zero-order valence-electron chi connectivity index (χ0n) is 27.0. The Morgan fingerprint density at radius 2 is 1.66 bits per heavy atom. The fourth-order valence-corrected chi connectivity index (χ4v) is 7.24. The zero-order chi connectivity index (χ0) is 33.2. The quantitative estimate of drug-likeness (QED) is 0.292. The molecule has 3 aliphatic rings. The highest BCUT2D eigenvalue weighted by molar-refractivity contribution is 6.09. The number of hydrogen-bond donors (Lipinski definition) is 3. The van der Waals surface area contributed by atoms with E-state index in [0.717, 1.165) is 24.3 Å². The van der Waals surface area contributed by atoms with Gasteiger partial charge in [0.2, 0.25) is 5.91 Å². The number of anilines is 3. The van der Waals surface area contributed by atoms with E-state index in [1.165, 1.54) is 4.90 Å². The van der Waals surface area contributed by atoms with E-state index < -0.39 is 23.0 Å². The predicted molar refractivity (Wildman–Crippen MR) is 182 cm³/mol. The lowest BCUT2D eigenvalue weighted by Gasteiger charge is -2.39. The molecule has 0 aliphatic carbocycles. The Labute approximate surface area is 275 Å². The van der Waals surface area contributed by atoms with Crippen molar-refractivity contribution >= 4 is 34.8 Å². The number of hydrogen-bond acceptors (Lipinski definition) is 7. The number of nitrogens with zero attached hydrogens (tertiary/aromatic N) is 4. The predicted octanol–water partition coefficient (Wildman–Crippen LogP) is 3.39. The van der Waals surface area contributed by atoms with Crippen LogP contribution >= 0.6 is 0 Å². The summed E-state index contributed by atoms with van der Waals surface area (Å²) in [5.41, 5.74) is 1.01. The number of aliphatic hydroxyl groups excluding tert-OH is 1. The summed E-state index contributed by atoms with van der Waals surface area (Å²) in [6.45, 7) is 4.02. The molecule has 3 aromatic rings. The van der Waals surface area contributed by atoms with Gasteiger partial charge in [-0.25, -0.2) is 0 Å². The fourth-order valence-electron chi connectivity index (χ4n) is 7.24. The van der Waals surface area contributed by atoms with Gasteiger partial charge in [-0.3, -0.25) is 19.3 Å². The number of carbonyl (C=O) groups is 3. The Bertz CT molecular complexity index is 1640. The first-order chi connectivity index (χ1) is 22.7. The second-order valence-electron chi connectivity index (χ2n) is 12.7. The summed E-state index contributed by atoms with van der Waals surface area (Å²) in [5.74, 6) is -1.29. The van der Waals surface area contributed by atoms with Gasteiger partial charge >= 0.3 is 0 Å². The molecule has 2 saturated heterocycles. The molecule has 10 heteroatoms. The minimum atomic E-state index is -1.89. The van der Waals surface area contributed by atoms with Gasteiger partial charge in [-0.2, -0.15) is 0 Å². The number of nitrogens with one attached hydrogen (secondary N) is 1. The van der Waals surface area contributed by atoms with Gasteiger partial charge in [0, 0.05) is 49.4 Å². The van der Waals surface area contributed by atoms with Gasteiger partial charge in [-0.05, 0) is 61.8 Å². The van der Waals surface area contributed by atoms with Crippen molar-refractivity contribution in [1.82, 2.24) is 10.2 Å². The van der Waals surface area contributed by atoms with Gasteiger partial charge in [0.05, 0.1) is 19.0 Å². The average Bonchev–Trinajstić information content (AvgIpc) is 3.48. The SMILES string of the molecule is C[C@H](/C=C/CC(=O)N(CCO)Cc1ccccc1)[C@@]1(O)C(=O)N(C)c2ccc(N3CN(c4ccccc4)C4(CCNCC4)C3=O)cc21. The van der Waals surface area contributed by atoms with Crippen LogP contribution in [0.3, 0.4) is 0 Å². The molecular formula is C37H43N5O5. The van der Waals surface area contributed by atoms with Crippen molar-refractivity contribution in [3.05, 3.63) is 102 Å². The Morgan fingerprint density at radius 1 is 0.979 bits per heavy atom. The summed E-state index contributed by atoms with van der Waals surface area (Å²) >= 11 is 0. The van der Waals surface area contributed by atoms with E-state index >= 15 is 0 Å². The van der Waals surface area contributed by atoms with Crippen LogP contribution < -0.4 is 20.0 Å². The molecule has 2 atom stereocenters. The monoisotopic (exact) mass is 637 g/mol. The molecule has 2 fully saturated rings. The Hall–Kier alpha value is -4.51. The summed E-state index contributed by atoms with van der Waals surface area (Å²) in [7, 11) is 1.64. The van der Waals surface area contributed by atoms with Crippen molar-refractivity contribution in [2.24, 2.45) is 5.92 Å². The lowest BCUT2D eigenvalue weighted by molar-refractivity contribution is -0.139. The van der Waals surface area contributed by atoms with Crippen LogP contribution in [0.25, 0.3) is 0 Å². The van der Waals surface area contributed by atoms with Crippen molar-refractivity contribution in [3.63, 3.8) is 0 Å². The fraction of sp³-hybridized carbons (Fsp3) is 0.378. The number of likely N-dealkylation sites (N-methyl/N-ethyl adjacent to an activating group) is 1. The summed E-state index contributed by atoms with van der Waals surface area (Å²) in [6, 6.07) is 25.0. The summed E-state index contributed by atoms with van der Waals surface area (Å²) < 4.78 is 0. The maximum absolute atomic E-state index is 14.3. The number of benzene rings is 3. The molecule has 246 valence electrons. The number of fused-ring (bicyclic) bond motifs is 1. The van der Waals surface area contributed by atoms with E-state index in [-0.39, 0.29) is 31.4 Å². The summed E-state index contributed by atoms with van der Waals surface area (Å²) in [5, 5.41) is 25.0. The first-order valence-corrected chi connectivity index (χ1v) is 16.3. The molecule has 0 aromatic heterocycles. The minimum absolute atomic E-state index is 0.0124. The highest BCUT2D eigenvalue weighted by Crippen LogP contribution is 2.47. The third-order valence-electron chi connectivity index (χ3n) is 9.95. The maximum Gasteiger partial charge on any atom is 0.264 e. The third kappa shape index (κ3) is 5.81. The standard InChI is InChI=1S/C37H43N5O5/c1-27(10-9-15-33(44)40(22-23-43)25-28-11-5-3-6-12-28)37(47)31-24-30(16-17-32(31)39(2)35(37)46)41-26-42(29-13-7-4-8-14-29)36(34(41)45)18-20-38-21-19-36/h3-14,16-17,24,27,38,43,47H,15,18-23,25-26H2,1-2H3/b10-9+/t27-,37+/m1/s1. The van der Waals surface area contributed by atoms with E-state index in [2.05, 4.69) is 10.2 Å². The number of amides is 3. The molecular weight excluding hydrogens is 594 g/mol. The molecule has 0 radical (unpaired) electrons. The van der Waals surface area contributed by atoms with Crippen LogP contribution in [-0.4, -0.2) is 78.3 Å². The van der Waals surface area contributed by atoms with Gasteiger partial charge in [0.25, 0.3) is 11.8 Å². The smallest absolute Gasteiger partial charge is 0.264 e. The first kappa shape index (κ1) is 32.4. The number of piperidine rings is 1. The van der Waals surface area contributed by atoms with Crippen molar-refractivity contribution in [2.45, 2.75) is 43.9 Å². The molecule has 6 rings (SSSR count). The lowest BCUT2D eigenvalue weighted by Crippen LogP contribution is -2.55. The van der Waals surface area contributed by atoms with Crippen molar-refractivity contribution < 1.29 is 24.6 Å². The molecule has 3 aliphatic heterocycles. The van der Waals surface area contributed by atoms with Crippen LogP contribution in [0, 0.1) is 5.92 Å². The van der Waals surface area contributed by atoms with Crippen LogP contribution in [0.5, 0.6) is 0 Å². The number of aliphatic hydroxyl groups is 2. The normalized spacial score (nSPS) is 21.1. The van der Waals surface area contributed by atoms with E-state index in [1.807, 2.05) is 66.7 Å². The Morgan fingerprint density at radius 3 is 2.34 bits per heavy atom. The minimum Gasteiger partial charge on any atom is -0.395 e. The van der Waals surface area contributed by atoms with Gasteiger partial charge in [-0.15, -0.1) is 0 Å². The van der Waals surface area contributed by atoms with Crippen LogP contribution in [0.2, 0.25) is 0 Å². The lowest BCUT2D eigenvalue weighted by atomic mass is 9.82. The number of para-hydroxylation sites is 1. The summed E-state index contributed by atoms with van der Waals surface area (Å²) in [4.78, 5) is 48.0. The number of rotatable bonds is 10. The summed E-state index contributed by atoms with van der Waals surface area (Å²) in [6.07, 6.45) is 4.79. The van der Waals surface area contributed by atoms with Crippen molar-refractivity contribution in [2.75, 3.05) is 54.7 Å². The molecule has 0 saturated carbocycles. The Balaban J connectivity index is 1.25. The Kier molecular flexibility index (Phi) is 9.18. The zero-order valence-corrected chi connectivity index (χ0v) is 27.0. The van der Waals surface area contributed by atoms with Crippen LogP contribution in [0.4, 0.5) is 17.1 Å². The molecule has 1 spiro atoms. The second-order valence-corrected chi connectivity index (χ2v) is 12.7. The van der Waals surface area contributed by atoms with E-state index in [0.29, 0.717) is 43.0 Å². The van der Waals surface area contributed by atoms with Gasteiger partial charge in [-0.1, -0.05) is 67.6 Å². The molecule has 3 heterocycles. The van der Waals surface area contributed by atoms with Crippen molar-refractivity contribution in [3.8, 4) is 0 Å². The second kappa shape index (κ2) is 13.3. The first-order valence-electron chi connectivity index (χ1n) is 16.3. The van der Waals surface area contributed by atoms with E-state index in [1.54, 1.807) is 48.1 Å². The van der Waals surface area contributed by atoms with Crippen LogP contribution in [0.15, 0.2) is 91.0 Å². The molecule has 3 amide bonds. The largest absolute Gasteiger partial charge is 0.395 e. The maximum atomic E-state index is 14.3. The topological polar surface area (TPSA) is 117 Å². The van der Waals surface area contributed by atoms with Gasteiger partial charge < -0.3 is 30.2 Å². The van der Waals surface area contributed by atoms with Crippen LogP contribution in [0.1, 0.15) is 37.3 Å². The highest BCUT2D eigenvalue weighted by Gasteiger charge is 2.55. The van der Waals surface area contributed by atoms with E-state index in [9.17, 15) is 24.6 Å². The van der Waals surface area contributed by atoms with E-state index in [4.69, 9.17) is 0 Å².